The van der Waals surface area contributed by atoms with Crippen LogP contribution in [0.3, 0.4) is 0 Å². The Bertz CT molecular complexity index is 333. The van der Waals surface area contributed by atoms with E-state index in [1.165, 1.54) is 0 Å². The van der Waals surface area contributed by atoms with Gasteiger partial charge in [-0.1, -0.05) is 13.8 Å². The summed E-state index contributed by atoms with van der Waals surface area (Å²) in [5, 5.41) is 12.5. The molecule has 90 valence electrons. The number of rotatable bonds is 6. The molecule has 1 unspecified atom stereocenters. The van der Waals surface area contributed by atoms with Crippen LogP contribution in [0.25, 0.3) is 0 Å². The number of aliphatic hydroxyl groups is 1. The fraction of sp³-hybridized carbons (Fsp3) is 0.636. The Morgan fingerprint density at radius 1 is 1.44 bits per heavy atom. The third-order valence-corrected chi connectivity index (χ3v) is 2.61. The number of nitrogens with one attached hydrogen (secondary N) is 1. The van der Waals surface area contributed by atoms with Crippen molar-refractivity contribution in [1.82, 2.24) is 9.97 Å². The van der Waals surface area contributed by atoms with E-state index in [2.05, 4.69) is 38.1 Å². The van der Waals surface area contributed by atoms with Gasteiger partial charge < -0.3 is 10.4 Å². The molecular weight excluding hydrogens is 270 g/mol. The molecule has 0 spiro atoms. The number of anilines is 1. The van der Waals surface area contributed by atoms with E-state index in [4.69, 9.17) is 0 Å². The van der Waals surface area contributed by atoms with Gasteiger partial charge in [-0.05, 0) is 28.8 Å². The maximum atomic E-state index is 9.44. The summed E-state index contributed by atoms with van der Waals surface area (Å²) < 4.78 is 0.777. The maximum absolute atomic E-state index is 9.44. The van der Waals surface area contributed by atoms with Crippen LogP contribution in [0.15, 0.2) is 10.7 Å². The highest BCUT2D eigenvalue weighted by Gasteiger charge is 2.04. The smallest absolute Gasteiger partial charge is 0.132 e. The number of hydrogen-bond donors (Lipinski definition) is 2. The molecule has 16 heavy (non-hydrogen) atoms. The summed E-state index contributed by atoms with van der Waals surface area (Å²) in [5.74, 6) is 1.59. The van der Waals surface area contributed by atoms with E-state index >= 15 is 0 Å². The molecule has 5 heteroatoms. The SMILES string of the molecule is CCCc1nc(Br)cc(NCC(O)CC)n1. The average molecular weight is 288 g/mol. The Morgan fingerprint density at radius 2 is 2.19 bits per heavy atom. The minimum Gasteiger partial charge on any atom is -0.391 e. The fourth-order valence-electron chi connectivity index (χ4n) is 1.26. The second kappa shape index (κ2) is 6.81. The lowest BCUT2D eigenvalue weighted by Gasteiger charge is -2.10. The van der Waals surface area contributed by atoms with Gasteiger partial charge >= 0.3 is 0 Å². The standard InChI is InChI=1S/C11H18BrN3O/c1-3-5-10-14-9(12)6-11(15-10)13-7-8(16)4-2/h6,8,16H,3-5,7H2,1-2H3,(H,13,14,15). The van der Waals surface area contributed by atoms with Gasteiger partial charge in [0.15, 0.2) is 0 Å². The number of halogens is 1. The van der Waals surface area contributed by atoms with Crippen LogP contribution in [0, 0.1) is 0 Å². The molecule has 1 aromatic rings. The van der Waals surface area contributed by atoms with Crippen LogP contribution in [0.1, 0.15) is 32.5 Å². The van der Waals surface area contributed by atoms with Crippen LogP contribution in [-0.2, 0) is 6.42 Å². The van der Waals surface area contributed by atoms with E-state index in [-0.39, 0.29) is 6.10 Å². The van der Waals surface area contributed by atoms with Crippen LogP contribution < -0.4 is 5.32 Å². The number of aryl methyl sites for hydroxylation is 1. The van der Waals surface area contributed by atoms with Crippen LogP contribution >= 0.6 is 15.9 Å². The number of aliphatic hydroxyl groups excluding tert-OH is 1. The molecule has 0 radical (unpaired) electrons. The van der Waals surface area contributed by atoms with Crippen molar-refractivity contribution in [2.75, 3.05) is 11.9 Å². The molecular formula is C11H18BrN3O. The number of hydrogen-bond acceptors (Lipinski definition) is 4. The molecule has 4 nitrogen and oxygen atoms in total. The van der Waals surface area contributed by atoms with Crippen LogP contribution in [-0.4, -0.2) is 27.7 Å². The molecule has 0 aliphatic rings. The summed E-state index contributed by atoms with van der Waals surface area (Å²) in [5.41, 5.74) is 0. The second-order valence-corrected chi connectivity index (χ2v) is 4.50. The van der Waals surface area contributed by atoms with Crippen LogP contribution in [0.4, 0.5) is 5.82 Å². The molecule has 0 saturated carbocycles. The molecule has 0 amide bonds. The molecule has 1 aromatic heterocycles. The van der Waals surface area contributed by atoms with Gasteiger partial charge in [0.2, 0.25) is 0 Å². The molecule has 1 heterocycles. The molecule has 0 aromatic carbocycles. The summed E-state index contributed by atoms with van der Waals surface area (Å²) in [6.45, 7) is 4.56. The fourth-order valence-corrected chi connectivity index (χ4v) is 1.68. The minimum atomic E-state index is -0.330. The van der Waals surface area contributed by atoms with E-state index in [9.17, 15) is 5.11 Å². The van der Waals surface area contributed by atoms with E-state index in [1.54, 1.807) is 0 Å². The van der Waals surface area contributed by atoms with Crippen molar-refractivity contribution in [3.63, 3.8) is 0 Å². The van der Waals surface area contributed by atoms with Gasteiger partial charge in [-0.15, -0.1) is 0 Å². The first-order valence-corrected chi connectivity index (χ1v) is 6.40. The zero-order chi connectivity index (χ0) is 12.0. The van der Waals surface area contributed by atoms with Crippen molar-refractivity contribution in [3.8, 4) is 0 Å². The Kier molecular flexibility index (Phi) is 5.69. The largest absolute Gasteiger partial charge is 0.391 e. The summed E-state index contributed by atoms with van der Waals surface area (Å²) in [6, 6.07) is 1.82. The van der Waals surface area contributed by atoms with Crippen LogP contribution in [0.5, 0.6) is 0 Å². The second-order valence-electron chi connectivity index (χ2n) is 3.69. The summed E-state index contributed by atoms with van der Waals surface area (Å²) in [6.07, 6.45) is 2.29. The molecule has 0 saturated heterocycles. The first-order valence-electron chi connectivity index (χ1n) is 5.61. The summed E-state index contributed by atoms with van der Waals surface area (Å²) in [4.78, 5) is 8.64. The van der Waals surface area contributed by atoms with Crippen molar-refractivity contribution >= 4 is 21.7 Å². The molecule has 0 fully saturated rings. The van der Waals surface area contributed by atoms with E-state index in [0.29, 0.717) is 6.54 Å². The molecule has 0 bridgehead atoms. The number of aromatic nitrogens is 2. The zero-order valence-corrected chi connectivity index (χ0v) is 11.3. The van der Waals surface area contributed by atoms with Gasteiger partial charge in [0, 0.05) is 19.0 Å². The van der Waals surface area contributed by atoms with E-state index in [1.807, 2.05) is 13.0 Å². The summed E-state index contributed by atoms with van der Waals surface area (Å²) in [7, 11) is 0. The lowest BCUT2D eigenvalue weighted by atomic mass is 10.3. The monoisotopic (exact) mass is 287 g/mol. The van der Waals surface area contributed by atoms with E-state index in [0.717, 1.165) is 35.5 Å². The van der Waals surface area contributed by atoms with Crippen molar-refractivity contribution in [2.24, 2.45) is 0 Å². The predicted molar refractivity (Wildman–Crippen MR) is 68.5 cm³/mol. The zero-order valence-electron chi connectivity index (χ0n) is 9.70. The minimum absolute atomic E-state index is 0.330. The average Bonchev–Trinajstić information content (AvgIpc) is 2.25. The quantitative estimate of drug-likeness (QED) is 0.789. The predicted octanol–water partition coefficient (Wildman–Crippen LogP) is 2.37. The highest BCUT2D eigenvalue weighted by Crippen LogP contribution is 2.13. The van der Waals surface area contributed by atoms with Gasteiger partial charge in [-0.25, -0.2) is 9.97 Å². The van der Waals surface area contributed by atoms with Gasteiger partial charge in [0.25, 0.3) is 0 Å². The highest BCUT2D eigenvalue weighted by atomic mass is 79.9. The lowest BCUT2D eigenvalue weighted by molar-refractivity contribution is 0.183. The van der Waals surface area contributed by atoms with Crippen molar-refractivity contribution in [3.05, 3.63) is 16.5 Å². The topological polar surface area (TPSA) is 58.0 Å². The van der Waals surface area contributed by atoms with Crippen molar-refractivity contribution in [2.45, 2.75) is 39.2 Å². The summed E-state index contributed by atoms with van der Waals surface area (Å²) >= 11 is 3.35. The van der Waals surface area contributed by atoms with Gasteiger partial charge in [-0.3, -0.25) is 0 Å². The molecule has 1 rings (SSSR count). The number of nitrogens with zero attached hydrogens (tertiary/aromatic N) is 2. The lowest BCUT2D eigenvalue weighted by Crippen LogP contribution is -2.19. The van der Waals surface area contributed by atoms with Crippen LogP contribution in [0.2, 0.25) is 0 Å². The van der Waals surface area contributed by atoms with Gasteiger partial charge in [-0.2, -0.15) is 0 Å². The Balaban J connectivity index is 2.64. The van der Waals surface area contributed by atoms with Gasteiger partial charge in [0.05, 0.1) is 6.10 Å². The Labute approximate surface area is 105 Å². The first kappa shape index (κ1) is 13.4. The highest BCUT2D eigenvalue weighted by molar-refractivity contribution is 9.10. The van der Waals surface area contributed by atoms with Crippen molar-refractivity contribution in [1.29, 1.82) is 0 Å². The first-order chi connectivity index (χ1) is 7.65. The molecule has 1 atom stereocenters. The third kappa shape index (κ3) is 4.45. The van der Waals surface area contributed by atoms with Crippen molar-refractivity contribution < 1.29 is 5.11 Å². The molecule has 0 aliphatic heterocycles. The Hall–Kier alpha value is -0.680. The Morgan fingerprint density at radius 3 is 2.81 bits per heavy atom. The molecule has 0 aliphatic carbocycles. The van der Waals surface area contributed by atoms with Gasteiger partial charge in [0.1, 0.15) is 16.2 Å². The van der Waals surface area contributed by atoms with E-state index < -0.39 is 0 Å². The maximum Gasteiger partial charge on any atom is 0.132 e. The normalized spacial score (nSPS) is 12.5. The third-order valence-electron chi connectivity index (χ3n) is 2.20. The molecule has 2 N–H and O–H groups in total.